The molecule has 0 aliphatic heterocycles. The van der Waals surface area contributed by atoms with Crippen LogP contribution in [0.3, 0.4) is 0 Å². The van der Waals surface area contributed by atoms with Crippen LogP contribution >= 0.6 is 0 Å². The molecule has 0 saturated heterocycles. The smallest absolute Gasteiger partial charge is 0.150 e. The second-order valence-electron chi connectivity index (χ2n) is 3.71. The molecule has 88 valence electrons. The molecule has 2 rings (SSSR count). The highest BCUT2D eigenvalue weighted by molar-refractivity contribution is 6.16. The topological polar surface area (TPSA) is 68.3 Å². The fourth-order valence-corrected chi connectivity index (χ4v) is 2.00. The molecule has 0 amide bonds. The molecular weight excluding hydrogens is 232 g/mol. The zero-order valence-electron chi connectivity index (χ0n) is 9.25. The first kappa shape index (κ1) is 11.9. The van der Waals surface area contributed by atoms with Crippen LogP contribution in [0.4, 0.5) is 0 Å². The van der Waals surface area contributed by atoms with Gasteiger partial charge in [0.15, 0.2) is 25.1 Å². The lowest BCUT2D eigenvalue weighted by atomic mass is 9.93. The monoisotopic (exact) mass is 240 g/mol. The summed E-state index contributed by atoms with van der Waals surface area (Å²) in [5, 5.41) is 0.684. The molecule has 18 heavy (non-hydrogen) atoms. The van der Waals surface area contributed by atoms with Crippen LogP contribution in [0.15, 0.2) is 24.3 Å². The van der Waals surface area contributed by atoms with Crippen LogP contribution in [-0.2, 0) is 0 Å². The van der Waals surface area contributed by atoms with E-state index in [2.05, 4.69) is 0 Å². The number of carbonyl (C=O) groups is 4. The fraction of sp³-hybridized carbons (Fsp3) is 0. The maximum absolute atomic E-state index is 11.0. The van der Waals surface area contributed by atoms with Crippen molar-refractivity contribution in [2.75, 3.05) is 0 Å². The van der Waals surface area contributed by atoms with Crippen molar-refractivity contribution in [1.82, 2.24) is 0 Å². The van der Waals surface area contributed by atoms with Gasteiger partial charge in [-0.25, -0.2) is 0 Å². The van der Waals surface area contributed by atoms with Gasteiger partial charge in [0.1, 0.15) is 0 Å². The number of hydrogen-bond acceptors (Lipinski definition) is 4. The third-order valence-electron chi connectivity index (χ3n) is 2.80. The van der Waals surface area contributed by atoms with E-state index < -0.39 is 0 Å². The van der Waals surface area contributed by atoms with Gasteiger partial charge in [0.05, 0.1) is 0 Å². The predicted octanol–water partition coefficient (Wildman–Crippen LogP) is 2.09. The molecule has 4 heteroatoms. The zero-order valence-corrected chi connectivity index (χ0v) is 9.25. The van der Waals surface area contributed by atoms with E-state index in [4.69, 9.17) is 0 Å². The molecule has 0 radical (unpaired) electrons. The Balaban J connectivity index is 3.11. The molecule has 0 aliphatic carbocycles. The molecule has 0 saturated carbocycles. The summed E-state index contributed by atoms with van der Waals surface area (Å²) in [5.41, 5.74) is 1.12. The second kappa shape index (κ2) is 4.71. The molecule has 0 unspecified atom stereocenters. The third-order valence-corrected chi connectivity index (χ3v) is 2.80. The van der Waals surface area contributed by atoms with E-state index in [1.54, 1.807) is 0 Å². The summed E-state index contributed by atoms with van der Waals surface area (Å²) < 4.78 is 0. The molecular formula is C14H8O4. The highest BCUT2D eigenvalue weighted by Crippen LogP contribution is 2.27. The van der Waals surface area contributed by atoms with Crippen molar-refractivity contribution >= 4 is 35.9 Å². The summed E-state index contributed by atoms with van der Waals surface area (Å²) in [6, 6.07) is 5.84. The van der Waals surface area contributed by atoms with Crippen LogP contribution in [0.25, 0.3) is 10.8 Å². The first-order valence-corrected chi connectivity index (χ1v) is 5.17. The van der Waals surface area contributed by atoms with Gasteiger partial charge in [0.2, 0.25) is 0 Å². The van der Waals surface area contributed by atoms with E-state index in [0.717, 1.165) is 0 Å². The first-order chi connectivity index (χ1) is 8.76. The minimum atomic E-state index is 0.279. The standard InChI is InChI=1S/C14H8O4/c15-5-9-1-2-10(6-16)14-12(8-18)4-3-11(7-17)13(9)14/h1-8H. The minimum absolute atomic E-state index is 0.279. The molecule has 2 aromatic rings. The van der Waals surface area contributed by atoms with E-state index in [1.165, 1.54) is 24.3 Å². The van der Waals surface area contributed by atoms with Gasteiger partial charge in [0, 0.05) is 33.0 Å². The number of carbonyl (C=O) groups excluding carboxylic acids is 4. The number of hydrogen-bond donors (Lipinski definition) is 0. The van der Waals surface area contributed by atoms with Crippen LogP contribution in [-0.4, -0.2) is 25.1 Å². The van der Waals surface area contributed by atoms with Crippen LogP contribution in [0.1, 0.15) is 41.4 Å². The lowest BCUT2D eigenvalue weighted by Crippen LogP contribution is -1.97. The van der Waals surface area contributed by atoms with Crippen molar-refractivity contribution < 1.29 is 19.2 Å². The lowest BCUT2D eigenvalue weighted by Gasteiger charge is -2.08. The minimum Gasteiger partial charge on any atom is -0.298 e. The summed E-state index contributed by atoms with van der Waals surface area (Å²) >= 11 is 0. The van der Waals surface area contributed by atoms with Crippen molar-refractivity contribution in [2.24, 2.45) is 0 Å². The van der Waals surface area contributed by atoms with Crippen molar-refractivity contribution in [3.05, 3.63) is 46.5 Å². The van der Waals surface area contributed by atoms with Gasteiger partial charge in [-0.2, -0.15) is 0 Å². The summed E-state index contributed by atoms with van der Waals surface area (Å²) in [7, 11) is 0. The van der Waals surface area contributed by atoms with Gasteiger partial charge in [-0.05, 0) is 0 Å². The van der Waals surface area contributed by atoms with E-state index in [-0.39, 0.29) is 22.3 Å². The molecule has 0 atom stereocenters. The lowest BCUT2D eigenvalue weighted by molar-refractivity contribution is 0.110. The van der Waals surface area contributed by atoms with Crippen LogP contribution in [0, 0.1) is 0 Å². The SMILES string of the molecule is O=Cc1ccc(C=O)c2c(C=O)ccc(C=O)c12. The highest BCUT2D eigenvalue weighted by atomic mass is 16.1. The van der Waals surface area contributed by atoms with Crippen molar-refractivity contribution in [3.63, 3.8) is 0 Å². The largest absolute Gasteiger partial charge is 0.298 e. The fourth-order valence-electron chi connectivity index (χ4n) is 2.00. The van der Waals surface area contributed by atoms with Gasteiger partial charge in [-0.1, -0.05) is 24.3 Å². The van der Waals surface area contributed by atoms with Crippen molar-refractivity contribution in [2.45, 2.75) is 0 Å². The number of fused-ring (bicyclic) bond motifs is 1. The molecule has 2 aromatic carbocycles. The van der Waals surface area contributed by atoms with E-state index in [1.807, 2.05) is 0 Å². The zero-order chi connectivity index (χ0) is 13.1. The van der Waals surface area contributed by atoms with Crippen LogP contribution in [0.2, 0.25) is 0 Å². The Morgan fingerprint density at radius 1 is 0.500 bits per heavy atom. The van der Waals surface area contributed by atoms with Crippen molar-refractivity contribution in [3.8, 4) is 0 Å². The Morgan fingerprint density at radius 2 is 0.722 bits per heavy atom. The maximum atomic E-state index is 11.0. The molecule has 0 aliphatic rings. The molecule has 0 fully saturated rings. The molecule has 0 spiro atoms. The predicted molar refractivity (Wildman–Crippen MR) is 65.5 cm³/mol. The van der Waals surface area contributed by atoms with Gasteiger partial charge in [-0.15, -0.1) is 0 Å². The van der Waals surface area contributed by atoms with Gasteiger partial charge in [-0.3, -0.25) is 19.2 Å². The van der Waals surface area contributed by atoms with Gasteiger partial charge >= 0.3 is 0 Å². The van der Waals surface area contributed by atoms with Crippen molar-refractivity contribution in [1.29, 1.82) is 0 Å². The van der Waals surface area contributed by atoms with Gasteiger partial charge < -0.3 is 0 Å². The molecule has 0 heterocycles. The summed E-state index contributed by atoms with van der Waals surface area (Å²) in [6.07, 6.45) is 2.38. The third kappa shape index (κ3) is 1.64. The van der Waals surface area contributed by atoms with Gasteiger partial charge in [0.25, 0.3) is 0 Å². The quantitative estimate of drug-likeness (QED) is 0.767. The van der Waals surface area contributed by atoms with E-state index >= 15 is 0 Å². The first-order valence-electron chi connectivity index (χ1n) is 5.17. The maximum Gasteiger partial charge on any atom is 0.150 e. The number of benzene rings is 2. The van der Waals surface area contributed by atoms with Crippen LogP contribution < -0.4 is 0 Å². The Labute approximate surface area is 102 Å². The average Bonchev–Trinajstić information content (AvgIpc) is 2.44. The van der Waals surface area contributed by atoms with E-state index in [0.29, 0.717) is 35.9 Å². The van der Waals surface area contributed by atoms with Crippen LogP contribution in [0.5, 0.6) is 0 Å². The normalized spacial score (nSPS) is 10.0. The number of rotatable bonds is 4. The molecule has 0 N–H and O–H groups in total. The Hall–Kier alpha value is -2.62. The Bertz CT molecular complexity index is 558. The Morgan fingerprint density at radius 3 is 0.889 bits per heavy atom. The summed E-state index contributed by atoms with van der Waals surface area (Å²) in [4.78, 5) is 44.0. The second-order valence-corrected chi connectivity index (χ2v) is 3.71. The van der Waals surface area contributed by atoms with E-state index in [9.17, 15) is 19.2 Å². The summed E-state index contributed by atoms with van der Waals surface area (Å²) in [6.45, 7) is 0. The summed E-state index contributed by atoms with van der Waals surface area (Å²) in [5.74, 6) is 0. The average molecular weight is 240 g/mol. The highest BCUT2D eigenvalue weighted by Gasteiger charge is 2.13. The number of aldehydes is 4. The molecule has 0 aromatic heterocycles. The molecule has 0 bridgehead atoms. The molecule has 4 nitrogen and oxygen atoms in total. The Kier molecular flexibility index (Phi) is 3.10.